The van der Waals surface area contributed by atoms with E-state index in [0.717, 1.165) is 16.8 Å². The molecule has 0 aliphatic carbocycles. The van der Waals surface area contributed by atoms with Crippen molar-refractivity contribution in [3.05, 3.63) is 65.2 Å². The van der Waals surface area contributed by atoms with Crippen LogP contribution in [-0.2, 0) is 5.60 Å². The second-order valence-electron chi connectivity index (χ2n) is 5.50. The summed E-state index contributed by atoms with van der Waals surface area (Å²) < 4.78 is 0. The molecule has 3 rings (SSSR count). The van der Waals surface area contributed by atoms with Crippen LogP contribution < -0.4 is 5.73 Å². The standard InChI is InChI=1S/C17H18N2O/c1-11(2)12-8-9-15-14(10-12)17(20,16(18)19-15)13-6-4-3-5-7-13/h3-11,20H,1-2H3,(H2,18,19). The number of benzene rings is 2. The van der Waals surface area contributed by atoms with E-state index in [1.165, 1.54) is 5.56 Å². The molecule has 2 aromatic carbocycles. The Kier molecular flexibility index (Phi) is 2.87. The Morgan fingerprint density at radius 3 is 2.45 bits per heavy atom. The van der Waals surface area contributed by atoms with Gasteiger partial charge in [0.25, 0.3) is 0 Å². The van der Waals surface area contributed by atoms with Crippen molar-refractivity contribution in [2.45, 2.75) is 25.4 Å². The summed E-state index contributed by atoms with van der Waals surface area (Å²) in [6, 6.07) is 15.4. The monoisotopic (exact) mass is 266 g/mol. The zero-order valence-electron chi connectivity index (χ0n) is 11.7. The van der Waals surface area contributed by atoms with E-state index in [9.17, 15) is 5.11 Å². The molecule has 1 atom stereocenters. The molecule has 0 spiro atoms. The predicted octanol–water partition coefficient (Wildman–Crippen LogP) is 3.05. The first-order chi connectivity index (χ1) is 9.53. The molecule has 0 amide bonds. The van der Waals surface area contributed by atoms with Crippen LogP contribution in [0.5, 0.6) is 0 Å². The number of rotatable bonds is 2. The van der Waals surface area contributed by atoms with Crippen LogP contribution in [0.2, 0.25) is 0 Å². The van der Waals surface area contributed by atoms with Gasteiger partial charge in [0.15, 0.2) is 5.60 Å². The van der Waals surface area contributed by atoms with Gasteiger partial charge in [-0.05, 0) is 29.2 Å². The fourth-order valence-corrected chi connectivity index (χ4v) is 2.63. The average molecular weight is 266 g/mol. The zero-order chi connectivity index (χ0) is 14.3. The molecule has 102 valence electrons. The van der Waals surface area contributed by atoms with Crippen LogP contribution in [0.1, 0.15) is 36.5 Å². The van der Waals surface area contributed by atoms with Gasteiger partial charge >= 0.3 is 0 Å². The highest BCUT2D eigenvalue weighted by Crippen LogP contribution is 2.42. The summed E-state index contributed by atoms with van der Waals surface area (Å²) in [4.78, 5) is 4.33. The Hall–Kier alpha value is -2.13. The molecule has 3 heteroatoms. The number of aliphatic hydroxyl groups is 1. The third-order valence-electron chi connectivity index (χ3n) is 3.88. The first kappa shape index (κ1) is 12.9. The molecule has 1 aliphatic heterocycles. The third-order valence-corrected chi connectivity index (χ3v) is 3.88. The molecular weight excluding hydrogens is 248 g/mol. The minimum Gasteiger partial charge on any atom is -0.384 e. The lowest BCUT2D eigenvalue weighted by molar-refractivity contribution is 0.158. The van der Waals surface area contributed by atoms with Crippen LogP contribution in [0.3, 0.4) is 0 Å². The zero-order valence-corrected chi connectivity index (χ0v) is 11.7. The molecule has 0 bridgehead atoms. The minimum absolute atomic E-state index is 0.236. The lowest BCUT2D eigenvalue weighted by atomic mass is 9.84. The van der Waals surface area contributed by atoms with Gasteiger partial charge in [-0.3, -0.25) is 0 Å². The van der Waals surface area contributed by atoms with Gasteiger partial charge in [0.2, 0.25) is 0 Å². The Bertz CT molecular complexity index is 677. The van der Waals surface area contributed by atoms with Crippen molar-refractivity contribution in [1.82, 2.24) is 0 Å². The Balaban J connectivity index is 2.21. The van der Waals surface area contributed by atoms with Gasteiger partial charge in [0, 0.05) is 5.56 Å². The molecule has 1 aliphatic rings. The van der Waals surface area contributed by atoms with Crippen molar-refractivity contribution in [1.29, 1.82) is 0 Å². The summed E-state index contributed by atoms with van der Waals surface area (Å²) in [7, 11) is 0. The minimum atomic E-state index is -1.32. The third kappa shape index (κ3) is 1.74. The summed E-state index contributed by atoms with van der Waals surface area (Å²) in [6.45, 7) is 4.25. The Morgan fingerprint density at radius 1 is 1.10 bits per heavy atom. The molecule has 20 heavy (non-hydrogen) atoms. The molecule has 0 saturated carbocycles. The molecule has 2 aromatic rings. The van der Waals surface area contributed by atoms with Gasteiger partial charge in [0.1, 0.15) is 5.84 Å². The van der Waals surface area contributed by atoms with Gasteiger partial charge in [0.05, 0.1) is 5.69 Å². The van der Waals surface area contributed by atoms with E-state index in [0.29, 0.717) is 5.92 Å². The van der Waals surface area contributed by atoms with E-state index in [-0.39, 0.29) is 5.84 Å². The fraction of sp³-hybridized carbons (Fsp3) is 0.235. The first-order valence-corrected chi connectivity index (χ1v) is 6.80. The number of nitrogens with two attached hydrogens (primary N) is 1. The SMILES string of the molecule is CC(C)c1ccc2c(c1)C(O)(c1ccccc1)C(N)=N2. The number of amidine groups is 1. The second kappa shape index (κ2) is 4.46. The van der Waals surface area contributed by atoms with Gasteiger partial charge in [-0.2, -0.15) is 0 Å². The van der Waals surface area contributed by atoms with Crippen molar-refractivity contribution >= 4 is 11.5 Å². The van der Waals surface area contributed by atoms with Gasteiger partial charge in [-0.25, -0.2) is 4.99 Å². The fourth-order valence-electron chi connectivity index (χ4n) is 2.63. The number of hydrogen-bond acceptors (Lipinski definition) is 3. The van der Waals surface area contributed by atoms with E-state index in [2.05, 4.69) is 18.8 Å². The van der Waals surface area contributed by atoms with E-state index in [1.807, 2.05) is 48.5 Å². The van der Waals surface area contributed by atoms with E-state index < -0.39 is 5.60 Å². The van der Waals surface area contributed by atoms with Crippen LogP contribution in [0, 0.1) is 0 Å². The van der Waals surface area contributed by atoms with Crippen molar-refractivity contribution in [3.63, 3.8) is 0 Å². The smallest absolute Gasteiger partial charge is 0.174 e. The second-order valence-corrected chi connectivity index (χ2v) is 5.50. The molecule has 0 fully saturated rings. The van der Waals surface area contributed by atoms with E-state index in [1.54, 1.807) is 0 Å². The lowest BCUT2D eigenvalue weighted by Gasteiger charge is -2.25. The molecule has 3 nitrogen and oxygen atoms in total. The van der Waals surface area contributed by atoms with Crippen molar-refractivity contribution in [3.8, 4) is 0 Å². The summed E-state index contributed by atoms with van der Waals surface area (Å²) in [6.07, 6.45) is 0. The number of fused-ring (bicyclic) bond motifs is 1. The van der Waals surface area contributed by atoms with Crippen molar-refractivity contribution in [2.24, 2.45) is 10.7 Å². The topological polar surface area (TPSA) is 58.6 Å². The maximum atomic E-state index is 11.1. The molecule has 0 saturated heterocycles. The average Bonchev–Trinajstić information content (AvgIpc) is 2.72. The quantitative estimate of drug-likeness (QED) is 0.877. The Labute approximate surface area is 118 Å². The largest absolute Gasteiger partial charge is 0.384 e. The van der Waals surface area contributed by atoms with Gasteiger partial charge < -0.3 is 10.8 Å². The summed E-state index contributed by atoms with van der Waals surface area (Å²) >= 11 is 0. The van der Waals surface area contributed by atoms with Crippen LogP contribution in [0.15, 0.2) is 53.5 Å². The highest BCUT2D eigenvalue weighted by atomic mass is 16.3. The van der Waals surface area contributed by atoms with Gasteiger partial charge in [-0.15, -0.1) is 0 Å². The molecule has 0 radical (unpaired) electrons. The maximum Gasteiger partial charge on any atom is 0.174 e. The summed E-state index contributed by atoms with van der Waals surface area (Å²) in [5.41, 5.74) is 8.14. The first-order valence-electron chi connectivity index (χ1n) is 6.80. The van der Waals surface area contributed by atoms with Crippen LogP contribution in [0.4, 0.5) is 5.69 Å². The molecule has 3 N–H and O–H groups in total. The summed E-state index contributed by atoms with van der Waals surface area (Å²) in [5, 5.41) is 11.1. The maximum absolute atomic E-state index is 11.1. The van der Waals surface area contributed by atoms with Crippen LogP contribution in [-0.4, -0.2) is 10.9 Å². The predicted molar refractivity (Wildman–Crippen MR) is 81.3 cm³/mol. The van der Waals surface area contributed by atoms with Crippen molar-refractivity contribution < 1.29 is 5.11 Å². The molecule has 1 heterocycles. The van der Waals surface area contributed by atoms with E-state index >= 15 is 0 Å². The van der Waals surface area contributed by atoms with Gasteiger partial charge in [-0.1, -0.05) is 50.2 Å². The highest BCUT2D eigenvalue weighted by Gasteiger charge is 2.42. The highest BCUT2D eigenvalue weighted by molar-refractivity contribution is 6.00. The number of nitrogens with zero attached hydrogens (tertiary/aromatic N) is 1. The molecule has 0 aromatic heterocycles. The van der Waals surface area contributed by atoms with Crippen molar-refractivity contribution in [2.75, 3.05) is 0 Å². The van der Waals surface area contributed by atoms with Crippen LogP contribution >= 0.6 is 0 Å². The Morgan fingerprint density at radius 2 is 1.80 bits per heavy atom. The summed E-state index contributed by atoms with van der Waals surface area (Å²) in [5.74, 6) is 0.627. The number of hydrogen-bond donors (Lipinski definition) is 2. The van der Waals surface area contributed by atoms with Crippen LogP contribution in [0.25, 0.3) is 0 Å². The normalized spacial score (nSPS) is 20.9. The number of aliphatic imine (C=N–C) groups is 1. The lowest BCUT2D eigenvalue weighted by Crippen LogP contribution is -2.39. The van der Waals surface area contributed by atoms with E-state index in [4.69, 9.17) is 5.73 Å². The molecule has 1 unspecified atom stereocenters. The molecular formula is C17H18N2O.